The molecule has 1 aromatic carbocycles. The van der Waals surface area contributed by atoms with E-state index in [0.717, 1.165) is 60.5 Å². The lowest BCUT2D eigenvalue weighted by atomic mass is 9.76. The summed E-state index contributed by atoms with van der Waals surface area (Å²) in [4.78, 5) is 16.7. The van der Waals surface area contributed by atoms with Crippen LogP contribution >= 0.6 is 11.3 Å². The molecule has 1 aliphatic carbocycles. The van der Waals surface area contributed by atoms with E-state index in [2.05, 4.69) is 36.3 Å². The van der Waals surface area contributed by atoms with Crippen LogP contribution in [0.25, 0.3) is 10.4 Å². The Morgan fingerprint density at radius 2 is 2.15 bits per heavy atom. The Kier molecular flexibility index (Phi) is 4.74. The van der Waals surface area contributed by atoms with Crippen molar-refractivity contribution in [3.63, 3.8) is 0 Å². The van der Waals surface area contributed by atoms with Crippen molar-refractivity contribution in [2.45, 2.75) is 45.6 Å². The smallest absolute Gasteiger partial charge is 0.337 e. The van der Waals surface area contributed by atoms with Gasteiger partial charge in [0.25, 0.3) is 0 Å². The maximum atomic E-state index is 12.2. The zero-order chi connectivity index (χ0) is 19.2. The van der Waals surface area contributed by atoms with Crippen LogP contribution in [-0.4, -0.2) is 30.2 Å². The van der Waals surface area contributed by atoms with E-state index >= 15 is 0 Å². The second-order valence-electron chi connectivity index (χ2n) is 8.47. The van der Waals surface area contributed by atoms with E-state index in [4.69, 9.17) is 5.84 Å². The van der Waals surface area contributed by atoms with Crippen LogP contribution < -0.4 is 16.2 Å². The first-order valence-corrected chi connectivity index (χ1v) is 10.4. The number of aryl methyl sites for hydroxylation is 1. The summed E-state index contributed by atoms with van der Waals surface area (Å²) < 4.78 is 0. The monoisotopic (exact) mass is 385 g/mol. The molecular weight excluding hydrogens is 358 g/mol. The Balaban J connectivity index is 1.81. The summed E-state index contributed by atoms with van der Waals surface area (Å²) in [7, 11) is 0. The van der Waals surface area contributed by atoms with Crippen LogP contribution in [0.4, 0.5) is 5.69 Å². The van der Waals surface area contributed by atoms with Gasteiger partial charge in [-0.05, 0) is 42.7 Å². The van der Waals surface area contributed by atoms with E-state index in [1.807, 2.05) is 12.1 Å². The fraction of sp³-hybridized carbons (Fsp3) is 0.476. The van der Waals surface area contributed by atoms with Crippen LogP contribution in [-0.2, 0) is 12.8 Å². The van der Waals surface area contributed by atoms with Crippen molar-refractivity contribution in [2.75, 3.05) is 18.0 Å². The molecule has 0 amide bonds. The lowest BCUT2D eigenvalue weighted by Crippen LogP contribution is -2.37. The first-order chi connectivity index (χ1) is 12.9. The van der Waals surface area contributed by atoms with Crippen LogP contribution in [0.1, 0.15) is 47.5 Å². The third-order valence-corrected chi connectivity index (χ3v) is 7.23. The highest BCUT2D eigenvalue weighted by atomic mass is 32.1. The standard InChI is InChI=1S/C21H27N3O2S/c1-21(2)9-7-17-15(11-21)18(20(25)26)19(27-17)14-5-3-4-6-16(14)24-10-8-13(12-24)23-22/h3-6,13,23H,7-12,22H2,1-2H3,(H,25,26)/t13-/m1/s1. The number of nitrogens with two attached hydrogens (primary N) is 1. The Bertz CT molecular complexity index is 874. The average molecular weight is 386 g/mol. The quantitative estimate of drug-likeness (QED) is 0.553. The minimum atomic E-state index is -0.807. The van der Waals surface area contributed by atoms with Crippen LogP contribution in [0, 0.1) is 5.41 Å². The maximum Gasteiger partial charge on any atom is 0.337 e. The zero-order valence-corrected chi connectivity index (χ0v) is 16.7. The van der Waals surface area contributed by atoms with Crippen molar-refractivity contribution < 1.29 is 9.90 Å². The van der Waals surface area contributed by atoms with E-state index in [9.17, 15) is 9.90 Å². The largest absolute Gasteiger partial charge is 0.478 e. The molecule has 4 N–H and O–H groups in total. The maximum absolute atomic E-state index is 12.2. The van der Waals surface area contributed by atoms with Gasteiger partial charge in [-0.2, -0.15) is 0 Å². The van der Waals surface area contributed by atoms with Crippen molar-refractivity contribution in [1.82, 2.24) is 5.43 Å². The van der Waals surface area contributed by atoms with Crippen molar-refractivity contribution >= 4 is 23.0 Å². The number of anilines is 1. The van der Waals surface area contributed by atoms with Gasteiger partial charge in [0.05, 0.1) is 10.4 Å². The predicted molar refractivity (Wildman–Crippen MR) is 110 cm³/mol. The molecule has 0 bridgehead atoms. The summed E-state index contributed by atoms with van der Waals surface area (Å²) in [5.41, 5.74) is 6.73. The minimum Gasteiger partial charge on any atom is -0.478 e. The minimum absolute atomic E-state index is 0.157. The highest BCUT2D eigenvalue weighted by Crippen LogP contribution is 2.47. The number of carbonyl (C=O) groups is 1. The van der Waals surface area contributed by atoms with Crippen LogP contribution in [0.15, 0.2) is 24.3 Å². The van der Waals surface area contributed by atoms with Gasteiger partial charge in [-0.3, -0.25) is 11.3 Å². The average Bonchev–Trinajstić information content (AvgIpc) is 3.25. The Labute approximate surface area is 164 Å². The first kappa shape index (κ1) is 18.5. The molecule has 0 spiro atoms. The summed E-state index contributed by atoms with van der Waals surface area (Å²) in [6.45, 7) is 6.23. The number of para-hydroxylation sites is 1. The highest BCUT2D eigenvalue weighted by molar-refractivity contribution is 7.16. The fourth-order valence-electron chi connectivity index (χ4n) is 4.39. The van der Waals surface area contributed by atoms with Gasteiger partial charge in [-0.25, -0.2) is 4.79 Å². The van der Waals surface area contributed by atoms with Crippen LogP contribution in [0.5, 0.6) is 0 Å². The number of rotatable bonds is 4. The number of hydrogen-bond acceptors (Lipinski definition) is 5. The van der Waals surface area contributed by atoms with Crippen molar-refractivity contribution in [3.05, 3.63) is 40.3 Å². The molecule has 1 atom stereocenters. The number of carboxylic acids is 1. The molecule has 1 fully saturated rings. The van der Waals surface area contributed by atoms with Gasteiger partial charge < -0.3 is 10.0 Å². The van der Waals surface area contributed by atoms with Gasteiger partial charge in [-0.1, -0.05) is 32.0 Å². The van der Waals surface area contributed by atoms with E-state index < -0.39 is 5.97 Å². The number of carboxylic acid groups (broad SMARTS) is 1. The number of nitrogens with one attached hydrogen (secondary N) is 1. The normalized spacial score (nSPS) is 21.3. The molecule has 0 unspecified atom stereocenters. The second kappa shape index (κ2) is 6.93. The fourth-order valence-corrected chi connectivity index (χ4v) is 5.74. The SMILES string of the molecule is CC1(C)CCc2sc(-c3ccccc3N3CC[C@@H](NN)C3)c(C(=O)O)c2C1. The summed E-state index contributed by atoms with van der Waals surface area (Å²) in [5.74, 6) is 4.82. The topological polar surface area (TPSA) is 78.6 Å². The molecule has 2 aliphatic rings. The number of benzene rings is 1. The summed E-state index contributed by atoms with van der Waals surface area (Å²) in [6, 6.07) is 8.46. The summed E-state index contributed by atoms with van der Waals surface area (Å²) >= 11 is 1.68. The lowest BCUT2D eigenvalue weighted by Gasteiger charge is -2.29. The molecular formula is C21H27N3O2S. The molecule has 144 valence electrons. The number of aromatic carboxylic acids is 1. The third-order valence-electron chi connectivity index (χ3n) is 5.90. The molecule has 27 heavy (non-hydrogen) atoms. The predicted octanol–water partition coefficient (Wildman–Crippen LogP) is 3.67. The molecule has 1 aromatic heterocycles. The van der Waals surface area contributed by atoms with Crippen molar-refractivity contribution in [2.24, 2.45) is 11.3 Å². The van der Waals surface area contributed by atoms with Crippen LogP contribution in [0.2, 0.25) is 0 Å². The van der Waals surface area contributed by atoms with E-state index in [1.165, 1.54) is 4.88 Å². The number of thiophene rings is 1. The van der Waals surface area contributed by atoms with Gasteiger partial charge in [0.15, 0.2) is 0 Å². The first-order valence-electron chi connectivity index (χ1n) is 9.58. The van der Waals surface area contributed by atoms with Gasteiger partial charge in [-0.15, -0.1) is 11.3 Å². The molecule has 4 rings (SSSR count). The Morgan fingerprint density at radius 1 is 1.37 bits per heavy atom. The van der Waals surface area contributed by atoms with E-state index in [0.29, 0.717) is 5.56 Å². The summed E-state index contributed by atoms with van der Waals surface area (Å²) in [6.07, 6.45) is 3.91. The second-order valence-corrected chi connectivity index (χ2v) is 9.57. The Hall–Kier alpha value is -1.89. The molecule has 0 saturated carbocycles. The number of nitrogens with zero attached hydrogens (tertiary/aromatic N) is 1. The van der Waals surface area contributed by atoms with E-state index in [-0.39, 0.29) is 11.5 Å². The Morgan fingerprint density at radius 3 is 2.85 bits per heavy atom. The van der Waals surface area contributed by atoms with E-state index in [1.54, 1.807) is 11.3 Å². The lowest BCUT2D eigenvalue weighted by molar-refractivity contribution is 0.0696. The molecule has 2 aromatic rings. The van der Waals surface area contributed by atoms with Gasteiger partial charge in [0.2, 0.25) is 0 Å². The number of hydrazine groups is 1. The molecule has 6 heteroatoms. The van der Waals surface area contributed by atoms with Crippen molar-refractivity contribution in [1.29, 1.82) is 0 Å². The molecule has 5 nitrogen and oxygen atoms in total. The zero-order valence-electron chi connectivity index (χ0n) is 15.9. The van der Waals surface area contributed by atoms with Gasteiger partial charge >= 0.3 is 5.97 Å². The summed E-state index contributed by atoms with van der Waals surface area (Å²) in [5, 5.41) is 10.0. The molecule has 0 radical (unpaired) electrons. The third kappa shape index (κ3) is 3.37. The number of hydrogen-bond donors (Lipinski definition) is 3. The van der Waals surface area contributed by atoms with Crippen molar-refractivity contribution in [3.8, 4) is 10.4 Å². The van der Waals surface area contributed by atoms with Gasteiger partial charge in [0.1, 0.15) is 0 Å². The molecule has 1 saturated heterocycles. The molecule has 1 aliphatic heterocycles. The van der Waals surface area contributed by atoms with Crippen LogP contribution in [0.3, 0.4) is 0 Å². The number of fused-ring (bicyclic) bond motifs is 1. The molecule has 2 heterocycles. The highest BCUT2D eigenvalue weighted by Gasteiger charge is 2.34. The van der Waals surface area contributed by atoms with Gasteiger partial charge in [0, 0.05) is 35.3 Å².